The maximum absolute atomic E-state index is 5.99. The van der Waals surface area contributed by atoms with Crippen molar-refractivity contribution in [1.29, 1.82) is 0 Å². The Hall–Kier alpha value is -1.60. The van der Waals surface area contributed by atoms with E-state index in [1.54, 1.807) is 0 Å². The fourth-order valence-electron chi connectivity index (χ4n) is 2.42. The highest BCUT2D eigenvalue weighted by atomic mass is 14.6. The molecule has 0 bridgehead atoms. The Morgan fingerprint density at radius 2 is 1.47 bits per heavy atom. The van der Waals surface area contributed by atoms with Gasteiger partial charge in [0.05, 0.1) is 0 Å². The summed E-state index contributed by atoms with van der Waals surface area (Å²) >= 11 is 0. The first-order valence-corrected chi connectivity index (χ1v) is 7.01. The first-order chi connectivity index (χ1) is 9.08. The second-order valence-corrected chi connectivity index (χ2v) is 5.45. The number of benzene rings is 2. The Morgan fingerprint density at radius 1 is 0.895 bits per heavy atom. The molecule has 100 valence electrons. The van der Waals surface area contributed by atoms with E-state index in [1.807, 2.05) is 0 Å². The Morgan fingerprint density at radius 3 is 2.00 bits per heavy atom. The molecule has 0 fully saturated rings. The van der Waals surface area contributed by atoms with Gasteiger partial charge < -0.3 is 5.73 Å². The summed E-state index contributed by atoms with van der Waals surface area (Å²) in [4.78, 5) is 0. The highest BCUT2D eigenvalue weighted by Crippen LogP contribution is 2.23. The van der Waals surface area contributed by atoms with Gasteiger partial charge in [0.1, 0.15) is 0 Å². The van der Waals surface area contributed by atoms with E-state index in [1.165, 1.54) is 27.8 Å². The van der Waals surface area contributed by atoms with Crippen LogP contribution in [0.4, 0.5) is 0 Å². The first kappa shape index (κ1) is 13.8. The molecule has 2 rings (SSSR count). The molecule has 1 heteroatoms. The van der Waals surface area contributed by atoms with Gasteiger partial charge in [0.2, 0.25) is 0 Å². The van der Waals surface area contributed by atoms with Crippen molar-refractivity contribution in [1.82, 2.24) is 0 Å². The minimum atomic E-state index is 0.270. The van der Waals surface area contributed by atoms with Gasteiger partial charge >= 0.3 is 0 Å². The van der Waals surface area contributed by atoms with Crippen molar-refractivity contribution in [2.24, 2.45) is 5.73 Å². The summed E-state index contributed by atoms with van der Waals surface area (Å²) in [5.41, 5.74) is 12.5. The minimum Gasteiger partial charge on any atom is -0.327 e. The average Bonchev–Trinajstić information content (AvgIpc) is 2.38. The van der Waals surface area contributed by atoms with Crippen molar-refractivity contribution in [3.8, 4) is 11.1 Å². The molecule has 0 aliphatic carbocycles. The Balaban J connectivity index is 2.22. The lowest BCUT2D eigenvalue weighted by molar-refractivity contribution is 0.646. The standard InChI is InChI=1S/C18H23N/c1-4-18(19)12-15-5-7-16(8-6-15)17-10-13(2)9-14(3)11-17/h5-11,18H,4,12,19H2,1-3H3. The van der Waals surface area contributed by atoms with Gasteiger partial charge in [-0.25, -0.2) is 0 Å². The monoisotopic (exact) mass is 253 g/mol. The van der Waals surface area contributed by atoms with E-state index in [4.69, 9.17) is 5.73 Å². The lowest BCUT2D eigenvalue weighted by atomic mass is 9.98. The quantitative estimate of drug-likeness (QED) is 0.866. The fraction of sp³-hybridized carbons (Fsp3) is 0.333. The Labute approximate surface area is 116 Å². The van der Waals surface area contributed by atoms with Crippen molar-refractivity contribution >= 4 is 0 Å². The molecule has 0 saturated heterocycles. The highest BCUT2D eigenvalue weighted by molar-refractivity contribution is 5.65. The molecule has 2 aromatic carbocycles. The highest BCUT2D eigenvalue weighted by Gasteiger charge is 2.03. The zero-order chi connectivity index (χ0) is 13.8. The third-order valence-corrected chi connectivity index (χ3v) is 3.53. The van der Waals surface area contributed by atoms with Crippen LogP contribution in [0.3, 0.4) is 0 Å². The van der Waals surface area contributed by atoms with Crippen LogP contribution in [-0.2, 0) is 6.42 Å². The second kappa shape index (κ2) is 6.03. The predicted molar refractivity (Wildman–Crippen MR) is 83.3 cm³/mol. The summed E-state index contributed by atoms with van der Waals surface area (Å²) in [5.74, 6) is 0. The molecule has 0 aliphatic rings. The summed E-state index contributed by atoms with van der Waals surface area (Å²) in [6, 6.07) is 15.7. The molecule has 1 nitrogen and oxygen atoms in total. The summed E-state index contributed by atoms with van der Waals surface area (Å²) in [6.07, 6.45) is 1.99. The van der Waals surface area contributed by atoms with Gasteiger partial charge in [-0.15, -0.1) is 0 Å². The third kappa shape index (κ3) is 3.68. The van der Waals surface area contributed by atoms with Crippen molar-refractivity contribution in [3.05, 3.63) is 59.2 Å². The molecule has 2 N–H and O–H groups in total. The van der Waals surface area contributed by atoms with E-state index in [9.17, 15) is 0 Å². The molecule has 1 unspecified atom stereocenters. The molecule has 0 saturated carbocycles. The van der Waals surface area contributed by atoms with Crippen LogP contribution in [-0.4, -0.2) is 6.04 Å². The molecule has 1 atom stereocenters. The van der Waals surface area contributed by atoms with Crippen molar-refractivity contribution in [2.75, 3.05) is 0 Å². The van der Waals surface area contributed by atoms with Gasteiger partial charge in [-0.3, -0.25) is 0 Å². The molecular formula is C18H23N. The molecule has 0 amide bonds. The van der Waals surface area contributed by atoms with Crippen LogP contribution in [0.2, 0.25) is 0 Å². The largest absolute Gasteiger partial charge is 0.327 e. The molecule has 0 spiro atoms. The van der Waals surface area contributed by atoms with Gasteiger partial charge in [-0.1, -0.05) is 60.5 Å². The minimum absolute atomic E-state index is 0.270. The lowest BCUT2D eigenvalue weighted by Crippen LogP contribution is -2.21. The fourth-order valence-corrected chi connectivity index (χ4v) is 2.42. The number of aryl methyl sites for hydroxylation is 2. The van der Waals surface area contributed by atoms with Gasteiger partial charge in [0, 0.05) is 6.04 Å². The maximum atomic E-state index is 5.99. The van der Waals surface area contributed by atoms with E-state index < -0.39 is 0 Å². The molecule has 0 heterocycles. The normalized spacial score (nSPS) is 12.4. The maximum Gasteiger partial charge on any atom is 0.00766 e. The zero-order valence-electron chi connectivity index (χ0n) is 12.1. The summed E-state index contributed by atoms with van der Waals surface area (Å²) in [7, 11) is 0. The van der Waals surface area contributed by atoms with Crippen LogP contribution in [0.25, 0.3) is 11.1 Å². The predicted octanol–water partition coefficient (Wildman–Crippen LogP) is 4.25. The topological polar surface area (TPSA) is 26.0 Å². The van der Waals surface area contributed by atoms with Crippen molar-refractivity contribution < 1.29 is 0 Å². The van der Waals surface area contributed by atoms with E-state index >= 15 is 0 Å². The van der Waals surface area contributed by atoms with Crippen molar-refractivity contribution in [2.45, 2.75) is 39.7 Å². The second-order valence-electron chi connectivity index (χ2n) is 5.45. The Kier molecular flexibility index (Phi) is 4.39. The number of rotatable bonds is 4. The SMILES string of the molecule is CCC(N)Cc1ccc(-c2cc(C)cc(C)c2)cc1. The van der Waals surface area contributed by atoms with Gasteiger partial charge in [0.15, 0.2) is 0 Å². The first-order valence-electron chi connectivity index (χ1n) is 7.01. The van der Waals surface area contributed by atoms with E-state index in [2.05, 4.69) is 63.2 Å². The number of hydrogen-bond donors (Lipinski definition) is 1. The number of nitrogens with two attached hydrogens (primary N) is 1. The molecule has 2 aromatic rings. The zero-order valence-corrected chi connectivity index (χ0v) is 12.1. The summed E-state index contributed by atoms with van der Waals surface area (Å²) in [5, 5.41) is 0. The molecule has 0 aromatic heterocycles. The van der Waals surface area contributed by atoms with Gasteiger partial charge in [0.25, 0.3) is 0 Å². The van der Waals surface area contributed by atoms with Crippen LogP contribution in [0.1, 0.15) is 30.0 Å². The van der Waals surface area contributed by atoms with Crippen LogP contribution in [0.5, 0.6) is 0 Å². The van der Waals surface area contributed by atoms with E-state index in [-0.39, 0.29) is 6.04 Å². The third-order valence-electron chi connectivity index (χ3n) is 3.53. The lowest BCUT2D eigenvalue weighted by Gasteiger charge is -2.10. The van der Waals surface area contributed by atoms with E-state index in [0.29, 0.717) is 0 Å². The molecule has 19 heavy (non-hydrogen) atoms. The van der Waals surface area contributed by atoms with Crippen LogP contribution in [0.15, 0.2) is 42.5 Å². The van der Waals surface area contributed by atoms with Crippen LogP contribution in [0, 0.1) is 13.8 Å². The van der Waals surface area contributed by atoms with Gasteiger partial charge in [-0.05, 0) is 43.4 Å². The molecule has 0 aliphatic heterocycles. The summed E-state index contributed by atoms with van der Waals surface area (Å²) in [6.45, 7) is 6.42. The molecule has 0 radical (unpaired) electrons. The average molecular weight is 253 g/mol. The summed E-state index contributed by atoms with van der Waals surface area (Å²) < 4.78 is 0. The van der Waals surface area contributed by atoms with Crippen LogP contribution >= 0.6 is 0 Å². The number of hydrogen-bond acceptors (Lipinski definition) is 1. The van der Waals surface area contributed by atoms with Crippen molar-refractivity contribution in [3.63, 3.8) is 0 Å². The molecular weight excluding hydrogens is 230 g/mol. The van der Waals surface area contributed by atoms with E-state index in [0.717, 1.165) is 12.8 Å². The Bertz CT molecular complexity index is 520. The van der Waals surface area contributed by atoms with Gasteiger partial charge in [-0.2, -0.15) is 0 Å². The van der Waals surface area contributed by atoms with Crippen LogP contribution < -0.4 is 5.73 Å². The smallest absolute Gasteiger partial charge is 0.00766 e.